The molecule has 0 aliphatic rings. The standard InChI is InChI=1S/C21H16S/c1-15-9-8-14-18-19(16-10-4-2-5-11-16)21(22-20(15)18)17-12-6-3-7-13-17/h2-14H,1H3. The summed E-state index contributed by atoms with van der Waals surface area (Å²) in [5, 5.41) is 1.36. The molecule has 1 aromatic heterocycles. The number of thiophene rings is 1. The first kappa shape index (κ1) is 13.3. The Bertz CT molecular complexity index is 918. The maximum atomic E-state index is 2.24. The van der Waals surface area contributed by atoms with Gasteiger partial charge in [0.15, 0.2) is 0 Å². The fraction of sp³-hybridized carbons (Fsp3) is 0.0476. The molecule has 0 bridgehead atoms. The van der Waals surface area contributed by atoms with Gasteiger partial charge in [0, 0.05) is 20.5 Å². The normalized spacial score (nSPS) is 11.0. The summed E-state index contributed by atoms with van der Waals surface area (Å²) < 4.78 is 1.39. The van der Waals surface area contributed by atoms with Crippen LogP contribution in [-0.4, -0.2) is 0 Å². The fourth-order valence-corrected chi connectivity index (χ4v) is 4.24. The lowest BCUT2D eigenvalue weighted by molar-refractivity contribution is 1.56. The summed E-state index contributed by atoms with van der Waals surface area (Å²) in [7, 11) is 0. The van der Waals surface area contributed by atoms with Gasteiger partial charge in [-0.3, -0.25) is 0 Å². The number of fused-ring (bicyclic) bond motifs is 1. The molecule has 0 radical (unpaired) electrons. The zero-order valence-corrected chi connectivity index (χ0v) is 13.2. The molecule has 3 aromatic carbocycles. The predicted octanol–water partition coefficient (Wildman–Crippen LogP) is 6.54. The van der Waals surface area contributed by atoms with Crippen molar-refractivity contribution in [2.24, 2.45) is 0 Å². The number of benzene rings is 3. The predicted molar refractivity (Wildman–Crippen MR) is 97.4 cm³/mol. The van der Waals surface area contributed by atoms with E-state index in [0.717, 1.165) is 0 Å². The molecule has 22 heavy (non-hydrogen) atoms. The molecule has 0 saturated heterocycles. The van der Waals surface area contributed by atoms with E-state index in [0.29, 0.717) is 0 Å². The Balaban J connectivity index is 2.10. The van der Waals surface area contributed by atoms with Gasteiger partial charge in [-0.15, -0.1) is 11.3 Å². The van der Waals surface area contributed by atoms with Gasteiger partial charge in [-0.1, -0.05) is 78.9 Å². The molecular weight excluding hydrogens is 284 g/mol. The van der Waals surface area contributed by atoms with Crippen LogP contribution in [0.15, 0.2) is 78.9 Å². The highest BCUT2D eigenvalue weighted by atomic mass is 32.1. The van der Waals surface area contributed by atoms with Crippen LogP contribution in [0.5, 0.6) is 0 Å². The Morgan fingerprint density at radius 2 is 1.27 bits per heavy atom. The van der Waals surface area contributed by atoms with Gasteiger partial charge in [0.1, 0.15) is 0 Å². The lowest BCUT2D eigenvalue weighted by Crippen LogP contribution is -1.80. The van der Waals surface area contributed by atoms with Crippen molar-refractivity contribution in [3.8, 4) is 21.6 Å². The van der Waals surface area contributed by atoms with Crippen molar-refractivity contribution in [3.05, 3.63) is 84.4 Å². The summed E-state index contributed by atoms with van der Waals surface area (Å²) in [6.07, 6.45) is 0. The van der Waals surface area contributed by atoms with Crippen LogP contribution < -0.4 is 0 Å². The zero-order valence-electron chi connectivity index (χ0n) is 12.4. The molecule has 1 heteroatoms. The first-order valence-electron chi connectivity index (χ1n) is 7.47. The highest BCUT2D eigenvalue weighted by molar-refractivity contribution is 7.23. The average Bonchev–Trinajstić information content (AvgIpc) is 2.97. The molecule has 0 amide bonds. The summed E-state index contributed by atoms with van der Waals surface area (Å²) in [6, 6.07) is 28.0. The van der Waals surface area contributed by atoms with Gasteiger partial charge >= 0.3 is 0 Å². The van der Waals surface area contributed by atoms with E-state index in [-0.39, 0.29) is 0 Å². The van der Waals surface area contributed by atoms with Gasteiger partial charge in [0.05, 0.1) is 0 Å². The summed E-state index contributed by atoms with van der Waals surface area (Å²) in [5.41, 5.74) is 5.29. The molecule has 0 fully saturated rings. The second kappa shape index (κ2) is 5.43. The van der Waals surface area contributed by atoms with E-state index < -0.39 is 0 Å². The van der Waals surface area contributed by atoms with Crippen LogP contribution in [0.2, 0.25) is 0 Å². The number of hydrogen-bond acceptors (Lipinski definition) is 1. The Labute approximate surface area is 134 Å². The summed E-state index contributed by atoms with van der Waals surface area (Å²) in [5.74, 6) is 0. The Morgan fingerprint density at radius 3 is 1.95 bits per heavy atom. The van der Waals surface area contributed by atoms with Crippen molar-refractivity contribution in [1.29, 1.82) is 0 Å². The van der Waals surface area contributed by atoms with Crippen LogP contribution in [0.3, 0.4) is 0 Å². The third-order valence-electron chi connectivity index (χ3n) is 4.01. The minimum absolute atomic E-state index is 1.29. The first-order valence-corrected chi connectivity index (χ1v) is 8.29. The van der Waals surface area contributed by atoms with E-state index in [1.807, 2.05) is 11.3 Å². The maximum Gasteiger partial charge on any atom is 0.0433 e. The van der Waals surface area contributed by atoms with Gasteiger partial charge < -0.3 is 0 Å². The zero-order chi connectivity index (χ0) is 14.9. The van der Waals surface area contributed by atoms with Crippen LogP contribution in [0.4, 0.5) is 0 Å². The largest absolute Gasteiger partial charge is 0.134 e. The molecule has 4 rings (SSSR count). The molecule has 106 valence electrons. The van der Waals surface area contributed by atoms with Crippen LogP contribution in [0, 0.1) is 6.92 Å². The molecule has 0 atom stereocenters. The van der Waals surface area contributed by atoms with E-state index >= 15 is 0 Å². The molecule has 0 N–H and O–H groups in total. The SMILES string of the molecule is Cc1cccc2c(-c3ccccc3)c(-c3ccccc3)sc12. The smallest absolute Gasteiger partial charge is 0.0433 e. The molecule has 4 aromatic rings. The van der Waals surface area contributed by atoms with Gasteiger partial charge in [-0.05, 0) is 23.6 Å². The third-order valence-corrected chi connectivity index (χ3v) is 5.40. The minimum Gasteiger partial charge on any atom is -0.134 e. The molecule has 0 spiro atoms. The van der Waals surface area contributed by atoms with Gasteiger partial charge in [0.2, 0.25) is 0 Å². The number of rotatable bonds is 2. The molecule has 0 aliphatic heterocycles. The quantitative estimate of drug-likeness (QED) is 0.394. The Morgan fingerprint density at radius 1 is 0.636 bits per heavy atom. The fourth-order valence-electron chi connectivity index (χ4n) is 2.94. The highest BCUT2D eigenvalue weighted by Crippen LogP contribution is 2.45. The molecule has 1 heterocycles. The number of hydrogen-bond donors (Lipinski definition) is 0. The average molecular weight is 300 g/mol. The van der Waals surface area contributed by atoms with Crippen molar-refractivity contribution in [1.82, 2.24) is 0 Å². The van der Waals surface area contributed by atoms with E-state index in [4.69, 9.17) is 0 Å². The van der Waals surface area contributed by atoms with Crippen molar-refractivity contribution < 1.29 is 0 Å². The van der Waals surface area contributed by atoms with Gasteiger partial charge in [-0.2, -0.15) is 0 Å². The van der Waals surface area contributed by atoms with Crippen LogP contribution in [-0.2, 0) is 0 Å². The lowest BCUT2D eigenvalue weighted by Gasteiger charge is -2.05. The van der Waals surface area contributed by atoms with E-state index in [1.165, 1.54) is 37.2 Å². The first-order chi connectivity index (χ1) is 10.8. The van der Waals surface area contributed by atoms with E-state index in [2.05, 4.69) is 85.8 Å². The van der Waals surface area contributed by atoms with Crippen molar-refractivity contribution in [3.63, 3.8) is 0 Å². The lowest BCUT2D eigenvalue weighted by atomic mass is 9.98. The van der Waals surface area contributed by atoms with Crippen LogP contribution in [0.25, 0.3) is 31.7 Å². The van der Waals surface area contributed by atoms with Crippen LogP contribution in [0.1, 0.15) is 5.56 Å². The second-order valence-corrected chi connectivity index (χ2v) is 6.51. The molecule has 0 unspecified atom stereocenters. The second-order valence-electron chi connectivity index (χ2n) is 5.49. The van der Waals surface area contributed by atoms with E-state index in [9.17, 15) is 0 Å². The summed E-state index contributed by atoms with van der Waals surface area (Å²) >= 11 is 1.90. The monoisotopic (exact) mass is 300 g/mol. The van der Waals surface area contributed by atoms with E-state index in [1.54, 1.807) is 0 Å². The Hall–Kier alpha value is -2.38. The topological polar surface area (TPSA) is 0 Å². The summed E-state index contributed by atoms with van der Waals surface area (Å²) in [6.45, 7) is 2.20. The van der Waals surface area contributed by atoms with Crippen LogP contribution >= 0.6 is 11.3 Å². The maximum absolute atomic E-state index is 2.24. The third kappa shape index (κ3) is 2.15. The molecule has 0 aliphatic carbocycles. The minimum atomic E-state index is 1.29. The molecule has 0 saturated carbocycles. The highest BCUT2D eigenvalue weighted by Gasteiger charge is 2.16. The molecular formula is C21H16S. The van der Waals surface area contributed by atoms with Crippen molar-refractivity contribution >= 4 is 21.4 Å². The Kier molecular flexibility index (Phi) is 3.28. The summed E-state index contributed by atoms with van der Waals surface area (Å²) in [4.78, 5) is 1.36. The van der Waals surface area contributed by atoms with Gasteiger partial charge in [-0.25, -0.2) is 0 Å². The molecule has 0 nitrogen and oxygen atoms in total. The van der Waals surface area contributed by atoms with Crippen molar-refractivity contribution in [2.75, 3.05) is 0 Å². The number of aryl methyl sites for hydroxylation is 1. The van der Waals surface area contributed by atoms with Crippen molar-refractivity contribution in [2.45, 2.75) is 6.92 Å². The van der Waals surface area contributed by atoms with Gasteiger partial charge in [0.25, 0.3) is 0 Å².